The molecule has 1 aliphatic rings. The summed E-state index contributed by atoms with van der Waals surface area (Å²) in [6, 6.07) is 12.5. The molecule has 2 unspecified atom stereocenters. The number of carbonyl (C=O) groups is 1. The summed E-state index contributed by atoms with van der Waals surface area (Å²) >= 11 is 0. The number of rotatable bonds is 7. The number of morpholine rings is 1. The molecule has 0 saturated carbocycles. The Morgan fingerprint density at radius 2 is 1.90 bits per heavy atom. The van der Waals surface area contributed by atoms with E-state index < -0.39 is 12.1 Å². The first-order chi connectivity index (χ1) is 14.1. The Morgan fingerprint density at radius 3 is 2.59 bits per heavy atom. The summed E-state index contributed by atoms with van der Waals surface area (Å²) in [5, 5.41) is 9.87. The minimum Gasteiger partial charge on any atom is -0.497 e. The summed E-state index contributed by atoms with van der Waals surface area (Å²) in [4.78, 5) is 15.0. The molecule has 2 aromatic carbocycles. The van der Waals surface area contributed by atoms with Crippen LogP contribution < -0.4 is 14.2 Å². The van der Waals surface area contributed by atoms with Gasteiger partial charge in [0.05, 0.1) is 47.0 Å². The fourth-order valence-electron chi connectivity index (χ4n) is 3.66. The summed E-state index contributed by atoms with van der Waals surface area (Å²) in [5.41, 5.74) is 1.69. The summed E-state index contributed by atoms with van der Waals surface area (Å²) in [6.07, 6.45) is -0.282. The third kappa shape index (κ3) is 4.63. The number of aliphatic hydroxyl groups is 1. The molecule has 2 aromatic rings. The highest BCUT2D eigenvalue weighted by atomic mass is 16.5. The number of nitrogens with zero attached hydrogens (tertiary/aromatic N) is 1. The van der Waals surface area contributed by atoms with E-state index in [4.69, 9.17) is 18.9 Å². The Morgan fingerprint density at radius 1 is 1.10 bits per heavy atom. The molecule has 1 amide bonds. The number of hydrogen-bond donors (Lipinski definition) is 1. The third-order valence-electron chi connectivity index (χ3n) is 5.09. The van der Waals surface area contributed by atoms with E-state index in [2.05, 4.69) is 0 Å². The lowest BCUT2D eigenvalue weighted by atomic mass is 9.97. The lowest BCUT2D eigenvalue weighted by Crippen LogP contribution is -2.49. The van der Waals surface area contributed by atoms with Gasteiger partial charge in [-0.2, -0.15) is 0 Å². The van der Waals surface area contributed by atoms with Crippen LogP contribution in [0.4, 0.5) is 0 Å². The monoisotopic (exact) mass is 401 g/mol. The standard InChI is InChI=1S/C22H27NO6/c1-26-17-6-4-5-15(11-17)12-21(25)23-9-10-29-20(14-24)22(23)16-7-8-18(27-2)19(13-16)28-3/h4-8,11,13,20,22,24H,9-10,12,14H2,1-3H3. The van der Waals surface area contributed by atoms with Crippen molar-refractivity contribution in [2.75, 3.05) is 41.1 Å². The number of carbonyl (C=O) groups excluding carboxylic acids is 1. The summed E-state index contributed by atoms with van der Waals surface area (Å²) in [6.45, 7) is 0.624. The van der Waals surface area contributed by atoms with Crippen LogP contribution in [0.1, 0.15) is 17.2 Å². The zero-order chi connectivity index (χ0) is 20.8. The van der Waals surface area contributed by atoms with Crippen molar-refractivity contribution in [3.8, 4) is 17.2 Å². The van der Waals surface area contributed by atoms with Crippen LogP contribution in [0.3, 0.4) is 0 Å². The van der Waals surface area contributed by atoms with E-state index in [1.54, 1.807) is 32.3 Å². The summed E-state index contributed by atoms with van der Waals surface area (Å²) in [5.74, 6) is 1.83. The van der Waals surface area contributed by atoms with Gasteiger partial charge in [-0.25, -0.2) is 0 Å². The maximum absolute atomic E-state index is 13.2. The van der Waals surface area contributed by atoms with Gasteiger partial charge >= 0.3 is 0 Å². The van der Waals surface area contributed by atoms with E-state index >= 15 is 0 Å². The Balaban J connectivity index is 1.90. The second-order valence-corrected chi connectivity index (χ2v) is 6.77. The number of methoxy groups -OCH3 is 3. The van der Waals surface area contributed by atoms with Crippen LogP contribution in [0.2, 0.25) is 0 Å². The van der Waals surface area contributed by atoms with Crippen molar-refractivity contribution in [2.24, 2.45) is 0 Å². The number of amides is 1. The fraction of sp³-hybridized carbons (Fsp3) is 0.409. The molecule has 2 atom stereocenters. The van der Waals surface area contributed by atoms with Crippen molar-refractivity contribution < 1.29 is 28.8 Å². The van der Waals surface area contributed by atoms with Crippen molar-refractivity contribution in [1.82, 2.24) is 4.90 Å². The number of hydrogen-bond acceptors (Lipinski definition) is 6. The molecule has 29 heavy (non-hydrogen) atoms. The number of aliphatic hydroxyl groups excluding tert-OH is 1. The van der Waals surface area contributed by atoms with E-state index in [0.29, 0.717) is 30.4 Å². The SMILES string of the molecule is COc1cccc(CC(=O)N2CCOC(CO)C2c2ccc(OC)c(OC)c2)c1. The van der Waals surface area contributed by atoms with Gasteiger partial charge in [0.1, 0.15) is 11.9 Å². The maximum Gasteiger partial charge on any atom is 0.227 e. The first kappa shape index (κ1) is 21.0. The smallest absolute Gasteiger partial charge is 0.227 e. The molecule has 0 spiro atoms. The quantitative estimate of drug-likeness (QED) is 0.767. The molecular formula is C22H27NO6. The molecule has 0 aromatic heterocycles. The first-order valence-corrected chi connectivity index (χ1v) is 9.48. The van der Waals surface area contributed by atoms with Crippen LogP contribution in [0, 0.1) is 0 Å². The average Bonchev–Trinajstić information content (AvgIpc) is 2.78. The largest absolute Gasteiger partial charge is 0.497 e. The van der Waals surface area contributed by atoms with Crippen molar-refractivity contribution in [1.29, 1.82) is 0 Å². The van der Waals surface area contributed by atoms with Gasteiger partial charge in [0.2, 0.25) is 5.91 Å². The molecule has 156 valence electrons. The van der Waals surface area contributed by atoms with E-state index in [9.17, 15) is 9.90 Å². The Kier molecular flexibility index (Phi) is 6.95. The molecule has 0 aliphatic carbocycles. The molecule has 7 heteroatoms. The van der Waals surface area contributed by atoms with Crippen LogP contribution in [0.25, 0.3) is 0 Å². The highest BCUT2D eigenvalue weighted by molar-refractivity contribution is 5.79. The molecule has 0 bridgehead atoms. The molecule has 1 saturated heterocycles. The van der Waals surface area contributed by atoms with Gasteiger partial charge in [-0.1, -0.05) is 18.2 Å². The normalized spacial score (nSPS) is 19.0. The zero-order valence-corrected chi connectivity index (χ0v) is 17.0. The average molecular weight is 401 g/mol. The fourth-order valence-corrected chi connectivity index (χ4v) is 3.66. The van der Waals surface area contributed by atoms with Crippen molar-refractivity contribution in [3.05, 3.63) is 53.6 Å². The minimum absolute atomic E-state index is 0.0419. The number of ether oxygens (including phenoxy) is 4. The van der Waals surface area contributed by atoms with E-state index in [0.717, 1.165) is 11.1 Å². The second kappa shape index (κ2) is 9.62. The lowest BCUT2D eigenvalue weighted by molar-refractivity contribution is -0.149. The molecule has 7 nitrogen and oxygen atoms in total. The van der Waals surface area contributed by atoms with Crippen LogP contribution in [-0.4, -0.2) is 63.1 Å². The predicted molar refractivity (Wildman–Crippen MR) is 108 cm³/mol. The molecular weight excluding hydrogens is 374 g/mol. The van der Waals surface area contributed by atoms with Crippen molar-refractivity contribution >= 4 is 5.91 Å². The molecule has 0 radical (unpaired) electrons. The van der Waals surface area contributed by atoms with Crippen molar-refractivity contribution in [3.63, 3.8) is 0 Å². The molecule has 1 N–H and O–H groups in total. The molecule has 3 rings (SSSR count). The number of benzene rings is 2. The highest BCUT2D eigenvalue weighted by Gasteiger charge is 2.36. The van der Waals surface area contributed by atoms with Crippen LogP contribution in [0.15, 0.2) is 42.5 Å². The van der Waals surface area contributed by atoms with Gasteiger partial charge in [-0.05, 0) is 35.4 Å². The maximum atomic E-state index is 13.2. The van der Waals surface area contributed by atoms with Crippen molar-refractivity contribution in [2.45, 2.75) is 18.6 Å². The topological polar surface area (TPSA) is 77.5 Å². The highest BCUT2D eigenvalue weighted by Crippen LogP contribution is 2.36. The molecule has 1 heterocycles. The summed E-state index contributed by atoms with van der Waals surface area (Å²) < 4.78 is 21.7. The zero-order valence-electron chi connectivity index (χ0n) is 17.0. The van der Waals surface area contributed by atoms with Gasteiger partial charge in [-0.3, -0.25) is 4.79 Å². The first-order valence-electron chi connectivity index (χ1n) is 9.48. The van der Waals surface area contributed by atoms with Gasteiger partial charge < -0.3 is 29.0 Å². The van der Waals surface area contributed by atoms with Crippen LogP contribution in [0.5, 0.6) is 17.2 Å². The minimum atomic E-state index is -0.517. The predicted octanol–water partition coefficient (Wildman–Crippen LogP) is 2.22. The molecule has 1 fully saturated rings. The van der Waals surface area contributed by atoms with E-state index in [1.165, 1.54) is 0 Å². The van der Waals surface area contributed by atoms with Gasteiger partial charge in [0.15, 0.2) is 11.5 Å². The third-order valence-corrected chi connectivity index (χ3v) is 5.09. The van der Waals surface area contributed by atoms with E-state index in [1.807, 2.05) is 36.4 Å². The van der Waals surface area contributed by atoms with Gasteiger partial charge in [0.25, 0.3) is 0 Å². The Hall–Kier alpha value is -2.77. The van der Waals surface area contributed by atoms with Gasteiger partial charge in [0, 0.05) is 6.54 Å². The lowest BCUT2D eigenvalue weighted by Gasteiger charge is -2.41. The molecule has 1 aliphatic heterocycles. The van der Waals surface area contributed by atoms with E-state index in [-0.39, 0.29) is 18.9 Å². The summed E-state index contributed by atoms with van der Waals surface area (Å²) in [7, 11) is 4.73. The van der Waals surface area contributed by atoms with Crippen LogP contribution >= 0.6 is 0 Å². The Labute approximate surface area is 170 Å². The van der Waals surface area contributed by atoms with Crippen LogP contribution in [-0.2, 0) is 16.0 Å². The second-order valence-electron chi connectivity index (χ2n) is 6.77. The Bertz CT molecular complexity index is 840. The van der Waals surface area contributed by atoms with Gasteiger partial charge in [-0.15, -0.1) is 0 Å².